The van der Waals surface area contributed by atoms with Gasteiger partial charge in [-0.25, -0.2) is 13.4 Å². The summed E-state index contributed by atoms with van der Waals surface area (Å²) in [5.41, 5.74) is 2.48. The molecule has 5 rings (SSSR count). The second-order valence-electron chi connectivity index (χ2n) is 11.2. The van der Waals surface area contributed by atoms with Gasteiger partial charge in [-0.3, -0.25) is 18.8 Å². The lowest BCUT2D eigenvalue weighted by Crippen LogP contribution is -2.46. The molecule has 0 aliphatic carbocycles. The number of fused-ring (bicyclic) bond motifs is 1. The number of halogens is 2. The number of benzene rings is 2. The number of carbonyl (C=O) groups excluding carboxylic acids is 3. The van der Waals surface area contributed by atoms with Crippen LogP contribution >= 0.6 is 23.2 Å². The fourth-order valence-electron chi connectivity index (χ4n) is 5.58. The highest BCUT2D eigenvalue weighted by Gasteiger charge is 2.40. The molecule has 2 N–H and O–H groups in total. The van der Waals surface area contributed by atoms with Gasteiger partial charge in [0.25, 0.3) is 5.91 Å². The van der Waals surface area contributed by atoms with E-state index in [4.69, 9.17) is 33.2 Å². The van der Waals surface area contributed by atoms with Crippen LogP contribution in [0.3, 0.4) is 0 Å². The summed E-state index contributed by atoms with van der Waals surface area (Å²) in [4.78, 5) is 41.8. The Balaban J connectivity index is 1.23. The van der Waals surface area contributed by atoms with E-state index >= 15 is 0 Å². The third kappa shape index (κ3) is 7.17. The molecule has 1 saturated heterocycles. The van der Waals surface area contributed by atoms with Crippen LogP contribution in [0.25, 0.3) is 5.65 Å². The van der Waals surface area contributed by atoms with Crippen LogP contribution in [0.5, 0.6) is 5.75 Å². The van der Waals surface area contributed by atoms with Crippen molar-refractivity contribution in [3.05, 3.63) is 92.9 Å². The van der Waals surface area contributed by atoms with Crippen LogP contribution in [0.2, 0.25) is 10.0 Å². The molecule has 2 amide bonds. The monoisotopic (exact) mass is 710 g/mol. The molecule has 15 heteroatoms. The molecular formula is C33H32Cl2N6O6S. The second-order valence-corrected chi connectivity index (χ2v) is 13.8. The molecule has 0 unspecified atom stereocenters. The van der Waals surface area contributed by atoms with Crippen molar-refractivity contribution in [2.45, 2.75) is 50.7 Å². The first-order valence-electron chi connectivity index (χ1n) is 15.1. The molecule has 1 aliphatic heterocycles. The molecule has 0 bridgehead atoms. The Hall–Kier alpha value is -4.48. The Labute approximate surface area is 287 Å². The van der Waals surface area contributed by atoms with Crippen molar-refractivity contribution in [3.63, 3.8) is 0 Å². The minimum Gasteiger partial charge on any atom is -0.485 e. The Bertz CT molecular complexity index is 2040. The first-order valence-corrected chi connectivity index (χ1v) is 17.3. The third-order valence-corrected chi connectivity index (χ3v) is 10.8. The lowest BCUT2D eigenvalue weighted by atomic mass is 10.1. The van der Waals surface area contributed by atoms with Gasteiger partial charge >= 0.3 is 0 Å². The summed E-state index contributed by atoms with van der Waals surface area (Å²) in [5, 5.41) is 14.5. The number of amides is 2. The zero-order valence-corrected chi connectivity index (χ0v) is 28.5. The molecule has 1 aliphatic rings. The number of hydrogen-bond acceptors (Lipinski definition) is 8. The standard InChI is InChI=1S/C33H32Cl2N6O6S/c1-20-30(21(2)42)40-16-4-7-27(31(40)39-20)47-19-24-25(34)12-13-28(29(24)35)48(45,46)41-17-3-6-26(41)33(44)38-15-5-14-37-32(43)23-10-8-22(18-36)9-11-23/h4,7-13,16,26H,3,5-6,14-15,17,19H2,1-2H3,(H,37,43)(H,38,44)/t26-/m0/s1. The van der Waals surface area contributed by atoms with Crippen LogP contribution in [0, 0.1) is 18.3 Å². The van der Waals surface area contributed by atoms with E-state index in [1.54, 1.807) is 53.9 Å². The number of nitriles is 1. The van der Waals surface area contributed by atoms with Gasteiger partial charge in [0.2, 0.25) is 15.9 Å². The number of Topliss-reactive ketones (excluding diaryl/α,β-unsaturated/α-hetero) is 1. The highest BCUT2D eigenvalue weighted by Crippen LogP contribution is 2.36. The van der Waals surface area contributed by atoms with Crippen molar-refractivity contribution in [2.75, 3.05) is 19.6 Å². The van der Waals surface area contributed by atoms with Crippen molar-refractivity contribution >= 4 is 56.5 Å². The van der Waals surface area contributed by atoms with E-state index in [0.29, 0.717) is 53.2 Å². The van der Waals surface area contributed by atoms with Crippen LogP contribution in [0.1, 0.15) is 63.9 Å². The molecular weight excluding hydrogens is 679 g/mol. The molecule has 12 nitrogen and oxygen atoms in total. The van der Waals surface area contributed by atoms with Crippen molar-refractivity contribution in [1.82, 2.24) is 24.3 Å². The number of nitrogens with one attached hydrogen (secondary N) is 2. The Morgan fingerprint density at radius 3 is 2.52 bits per heavy atom. The normalized spacial score (nSPS) is 14.9. The lowest BCUT2D eigenvalue weighted by molar-refractivity contribution is -0.124. The molecule has 1 atom stereocenters. The van der Waals surface area contributed by atoms with Crippen LogP contribution in [0.4, 0.5) is 0 Å². The van der Waals surface area contributed by atoms with Crippen LogP contribution in [0.15, 0.2) is 59.6 Å². The highest BCUT2D eigenvalue weighted by atomic mass is 35.5. The highest BCUT2D eigenvalue weighted by molar-refractivity contribution is 7.89. The average Bonchev–Trinajstić information content (AvgIpc) is 3.70. The molecule has 2 aromatic carbocycles. The molecule has 250 valence electrons. The third-order valence-electron chi connectivity index (χ3n) is 7.95. The Morgan fingerprint density at radius 2 is 1.81 bits per heavy atom. The number of pyridine rings is 1. The minimum absolute atomic E-state index is 0.123. The molecule has 0 radical (unpaired) electrons. The minimum atomic E-state index is -4.22. The van der Waals surface area contributed by atoms with Gasteiger partial charge in [-0.1, -0.05) is 23.2 Å². The maximum absolute atomic E-state index is 13.9. The quantitative estimate of drug-likeness (QED) is 0.158. The number of nitrogens with zero attached hydrogens (tertiary/aromatic N) is 4. The van der Waals surface area contributed by atoms with E-state index in [2.05, 4.69) is 15.6 Å². The number of hydrogen-bond donors (Lipinski definition) is 2. The Kier molecular flexibility index (Phi) is 10.7. The van der Waals surface area contributed by atoms with Crippen molar-refractivity contribution in [2.24, 2.45) is 0 Å². The first kappa shape index (κ1) is 34.8. The van der Waals surface area contributed by atoms with Gasteiger partial charge in [0, 0.05) is 48.9 Å². The number of aryl methyl sites for hydroxylation is 1. The topological polar surface area (TPSA) is 163 Å². The van der Waals surface area contributed by atoms with Gasteiger partial charge in [-0.05, 0) is 74.7 Å². The fourth-order valence-corrected chi connectivity index (χ4v) is 8.10. The van der Waals surface area contributed by atoms with Crippen LogP contribution in [-0.2, 0) is 21.4 Å². The Morgan fingerprint density at radius 1 is 1.08 bits per heavy atom. The predicted molar refractivity (Wildman–Crippen MR) is 179 cm³/mol. The summed E-state index contributed by atoms with van der Waals surface area (Å²) >= 11 is 13.1. The molecule has 2 aromatic heterocycles. The second kappa shape index (κ2) is 14.7. The van der Waals surface area contributed by atoms with Crippen molar-refractivity contribution < 1.29 is 27.5 Å². The van der Waals surface area contributed by atoms with Gasteiger partial charge in [0.1, 0.15) is 23.2 Å². The number of ketones is 1. The van der Waals surface area contributed by atoms with E-state index in [1.165, 1.54) is 19.1 Å². The SMILES string of the molecule is CC(=O)c1c(C)nc2c(OCc3c(Cl)ccc(S(=O)(=O)N4CCC[C@H]4C(=O)NCCCNC(=O)c4ccc(C#N)cc4)c3Cl)cccn12. The molecule has 3 heterocycles. The van der Waals surface area contributed by atoms with Gasteiger partial charge < -0.3 is 15.4 Å². The van der Waals surface area contributed by atoms with Gasteiger partial charge in [0.05, 0.1) is 22.3 Å². The molecule has 1 fully saturated rings. The predicted octanol–water partition coefficient (Wildman–Crippen LogP) is 4.69. The number of ether oxygens (including phenoxy) is 1. The maximum Gasteiger partial charge on any atom is 0.251 e. The maximum atomic E-state index is 13.9. The van der Waals surface area contributed by atoms with Crippen LogP contribution in [-0.4, -0.2) is 65.4 Å². The number of sulfonamides is 1. The van der Waals surface area contributed by atoms with Crippen molar-refractivity contribution in [3.8, 4) is 11.8 Å². The van der Waals surface area contributed by atoms with E-state index < -0.39 is 22.0 Å². The fraction of sp³-hybridized carbons (Fsp3) is 0.303. The zero-order valence-electron chi connectivity index (χ0n) is 26.1. The molecule has 4 aromatic rings. The molecule has 0 saturated carbocycles. The largest absolute Gasteiger partial charge is 0.485 e. The lowest BCUT2D eigenvalue weighted by Gasteiger charge is -2.24. The number of rotatable bonds is 12. The number of imidazole rings is 1. The zero-order chi connectivity index (χ0) is 34.6. The van der Waals surface area contributed by atoms with Gasteiger partial charge in [0.15, 0.2) is 17.2 Å². The number of carbonyl (C=O) groups is 3. The summed E-state index contributed by atoms with van der Waals surface area (Å²) in [6, 6.07) is 13.4. The summed E-state index contributed by atoms with van der Waals surface area (Å²) in [7, 11) is -4.22. The van der Waals surface area contributed by atoms with E-state index in [-0.39, 0.29) is 58.4 Å². The molecule has 48 heavy (non-hydrogen) atoms. The summed E-state index contributed by atoms with van der Waals surface area (Å²) in [6.45, 7) is 3.62. The van der Waals surface area contributed by atoms with Crippen LogP contribution < -0.4 is 15.4 Å². The van der Waals surface area contributed by atoms with E-state index in [9.17, 15) is 22.8 Å². The number of aromatic nitrogens is 2. The summed E-state index contributed by atoms with van der Waals surface area (Å²) in [6.07, 6.45) is 2.93. The van der Waals surface area contributed by atoms with Crippen molar-refractivity contribution in [1.29, 1.82) is 5.26 Å². The van der Waals surface area contributed by atoms with E-state index in [0.717, 1.165) is 4.31 Å². The molecule has 0 spiro atoms. The summed E-state index contributed by atoms with van der Waals surface area (Å²) < 4.78 is 36.5. The first-order chi connectivity index (χ1) is 22.9. The average molecular weight is 712 g/mol. The summed E-state index contributed by atoms with van der Waals surface area (Å²) in [5.74, 6) is -0.561. The smallest absolute Gasteiger partial charge is 0.251 e. The van der Waals surface area contributed by atoms with Gasteiger partial charge in [-0.2, -0.15) is 9.57 Å². The van der Waals surface area contributed by atoms with Gasteiger partial charge in [-0.15, -0.1) is 0 Å². The van der Waals surface area contributed by atoms with E-state index in [1.807, 2.05) is 6.07 Å².